The van der Waals surface area contributed by atoms with Crippen molar-refractivity contribution >= 4 is 5.97 Å². The molecule has 7 unspecified atom stereocenters. The van der Waals surface area contributed by atoms with E-state index in [1.807, 2.05) is 42.5 Å². The van der Waals surface area contributed by atoms with Crippen LogP contribution in [-0.2, 0) is 4.74 Å². The Labute approximate surface area is 166 Å². The SMILES string of the molecule is CC1(OC(=O)c2ccccc2-c2ccccc2)CC2CC1C1C3C=CC(C3)C21. The maximum Gasteiger partial charge on any atom is 0.339 e. The largest absolute Gasteiger partial charge is 0.455 e. The predicted molar refractivity (Wildman–Crippen MR) is 110 cm³/mol. The van der Waals surface area contributed by atoms with Crippen LogP contribution >= 0.6 is 0 Å². The Morgan fingerprint density at radius 3 is 2.46 bits per heavy atom. The molecule has 0 saturated heterocycles. The van der Waals surface area contributed by atoms with Gasteiger partial charge in [0, 0.05) is 5.92 Å². The monoisotopic (exact) mass is 370 g/mol. The smallest absolute Gasteiger partial charge is 0.339 e. The Morgan fingerprint density at radius 2 is 1.64 bits per heavy atom. The van der Waals surface area contributed by atoms with Gasteiger partial charge in [0.05, 0.1) is 5.56 Å². The standard InChI is InChI=1S/C26H26O2/c1-26(15-19-14-22(26)24-18-12-11-17(13-18)23(19)24)28-25(27)21-10-6-5-9-20(21)16-7-3-2-4-8-16/h2-12,17-19,22-24H,13-15H2,1H3. The highest BCUT2D eigenvalue weighted by molar-refractivity contribution is 5.97. The molecule has 0 aliphatic heterocycles. The molecule has 6 rings (SSSR count). The Bertz CT molecular complexity index is 961. The molecule has 0 spiro atoms. The number of benzene rings is 2. The van der Waals surface area contributed by atoms with Gasteiger partial charge in [-0.1, -0.05) is 60.7 Å². The minimum Gasteiger partial charge on any atom is -0.455 e. The van der Waals surface area contributed by atoms with Crippen molar-refractivity contribution in [2.75, 3.05) is 0 Å². The van der Waals surface area contributed by atoms with Crippen molar-refractivity contribution in [2.45, 2.75) is 31.8 Å². The Kier molecular flexibility index (Phi) is 3.45. The molecule has 4 bridgehead atoms. The number of hydrogen-bond acceptors (Lipinski definition) is 2. The Balaban J connectivity index is 1.29. The minimum atomic E-state index is -0.314. The lowest BCUT2D eigenvalue weighted by Gasteiger charge is -2.42. The fraction of sp³-hybridized carbons (Fsp3) is 0.423. The Hall–Kier alpha value is -2.35. The second-order valence-electron chi connectivity index (χ2n) is 9.52. The van der Waals surface area contributed by atoms with Gasteiger partial charge in [0.1, 0.15) is 5.60 Å². The third-order valence-electron chi connectivity index (χ3n) is 8.16. The first-order chi connectivity index (χ1) is 13.6. The van der Waals surface area contributed by atoms with Crippen LogP contribution in [0.5, 0.6) is 0 Å². The van der Waals surface area contributed by atoms with E-state index >= 15 is 0 Å². The summed E-state index contributed by atoms with van der Waals surface area (Å²) in [4.78, 5) is 13.3. The molecule has 0 heterocycles. The predicted octanol–water partition coefficient (Wildman–Crippen LogP) is 5.75. The zero-order chi connectivity index (χ0) is 18.9. The topological polar surface area (TPSA) is 26.3 Å². The highest BCUT2D eigenvalue weighted by Gasteiger charge is 2.66. The van der Waals surface area contributed by atoms with Gasteiger partial charge in [-0.3, -0.25) is 0 Å². The lowest BCUT2D eigenvalue weighted by molar-refractivity contribution is -0.0636. The van der Waals surface area contributed by atoms with Crippen molar-refractivity contribution in [3.8, 4) is 11.1 Å². The number of hydrogen-bond donors (Lipinski definition) is 0. The molecule has 2 heteroatoms. The van der Waals surface area contributed by atoms with Gasteiger partial charge in [-0.05, 0) is 73.0 Å². The van der Waals surface area contributed by atoms with Crippen LogP contribution in [0, 0.1) is 35.5 Å². The molecule has 2 nitrogen and oxygen atoms in total. The first-order valence-corrected chi connectivity index (χ1v) is 10.7. The Morgan fingerprint density at radius 1 is 0.929 bits per heavy atom. The van der Waals surface area contributed by atoms with Gasteiger partial charge in [0.25, 0.3) is 0 Å². The first kappa shape index (κ1) is 16.6. The molecule has 28 heavy (non-hydrogen) atoms. The highest BCUT2D eigenvalue weighted by atomic mass is 16.6. The second kappa shape index (κ2) is 5.83. The normalized spacial score (nSPS) is 39.3. The number of carbonyl (C=O) groups is 1. The average Bonchev–Trinajstić information content (AvgIpc) is 3.47. The van der Waals surface area contributed by atoms with E-state index in [-0.39, 0.29) is 11.6 Å². The van der Waals surface area contributed by atoms with Crippen LogP contribution in [0.25, 0.3) is 11.1 Å². The van der Waals surface area contributed by atoms with E-state index in [0.29, 0.717) is 11.5 Å². The highest BCUT2D eigenvalue weighted by Crippen LogP contribution is 2.68. The maximum absolute atomic E-state index is 13.3. The third-order valence-corrected chi connectivity index (χ3v) is 8.16. The minimum absolute atomic E-state index is 0.162. The van der Waals surface area contributed by atoms with E-state index in [2.05, 4.69) is 31.2 Å². The van der Waals surface area contributed by atoms with Crippen LogP contribution in [0.1, 0.15) is 36.5 Å². The summed E-state index contributed by atoms with van der Waals surface area (Å²) in [5, 5.41) is 0. The van der Waals surface area contributed by atoms with Crippen LogP contribution in [0.15, 0.2) is 66.7 Å². The molecule has 4 aliphatic carbocycles. The number of esters is 1. The molecule has 0 amide bonds. The molecule has 0 aromatic heterocycles. The van der Waals surface area contributed by atoms with Crippen molar-refractivity contribution in [3.63, 3.8) is 0 Å². The van der Waals surface area contributed by atoms with E-state index in [4.69, 9.17) is 4.74 Å². The zero-order valence-electron chi connectivity index (χ0n) is 16.3. The summed E-state index contributed by atoms with van der Waals surface area (Å²) in [6, 6.07) is 18.0. The number of ether oxygens (including phenoxy) is 1. The van der Waals surface area contributed by atoms with Crippen LogP contribution < -0.4 is 0 Å². The third kappa shape index (κ3) is 2.24. The summed E-state index contributed by atoms with van der Waals surface area (Å²) >= 11 is 0. The van der Waals surface area contributed by atoms with E-state index in [1.54, 1.807) is 0 Å². The average molecular weight is 370 g/mol. The quantitative estimate of drug-likeness (QED) is 0.391. The van der Waals surface area contributed by atoms with E-state index in [0.717, 1.165) is 47.1 Å². The van der Waals surface area contributed by atoms with Gasteiger partial charge < -0.3 is 4.74 Å². The van der Waals surface area contributed by atoms with Crippen molar-refractivity contribution in [3.05, 3.63) is 72.3 Å². The molecule has 3 saturated carbocycles. The van der Waals surface area contributed by atoms with Crippen LogP contribution in [0.3, 0.4) is 0 Å². The van der Waals surface area contributed by atoms with Crippen molar-refractivity contribution in [1.29, 1.82) is 0 Å². The zero-order valence-corrected chi connectivity index (χ0v) is 16.3. The molecular formula is C26H26O2. The molecule has 2 aromatic rings. The van der Waals surface area contributed by atoms with Gasteiger partial charge in [0.2, 0.25) is 0 Å². The van der Waals surface area contributed by atoms with E-state index < -0.39 is 0 Å². The van der Waals surface area contributed by atoms with Gasteiger partial charge >= 0.3 is 5.97 Å². The molecule has 0 N–H and O–H groups in total. The number of fused-ring (bicyclic) bond motifs is 9. The van der Waals surface area contributed by atoms with Crippen molar-refractivity contribution in [2.24, 2.45) is 35.5 Å². The van der Waals surface area contributed by atoms with E-state index in [9.17, 15) is 4.79 Å². The summed E-state index contributed by atoms with van der Waals surface area (Å²) in [5.41, 5.74) is 2.39. The summed E-state index contributed by atoms with van der Waals surface area (Å²) in [5.74, 6) is 4.19. The van der Waals surface area contributed by atoms with Crippen LogP contribution in [0.4, 0.5) is 0 Å². The lowest BCUT2D eigenvalue weighted by Crippen LogP contribution is -2.45. The fourth-order valence-electron chi connectivity index (χ4n) is 7.23. The molecule has 3 fully saturated rings. The second-order valence-corrected chi connectivity index (χ2v) is 9.52. The van der Waals surface area contributed by atoms with Crippen molar-refractivity contribution < 1.29 is 9.53 Å². The molecule has 2 aromatic carbocycles. The summed E-state index contributed by atoms with van der Waals surface area (Å²) < 4.78 is 6.33. The number of rotatable bonds is 3. The first-order valence-electron chi connectivity index (χ1n) is 10.7. The summed E-state index contributed by atoms with van der Waals surface area (Å²) in [6.45, 7) is 2.20. The van der Waals surface area contributed by atoms with Crippen molar-refractivity contribution in [1.82, 2.24) is 0 Å². The van der Waals surface area contributed by atoms with Gasteiger partial charge in [-0.15, -0.1) is 0 Å². The van der Waals surface area contributed by atoms with Gasteiger partial charge in [-0.2, -0.15) is 0 Å². The lowest BCUT2D eigenvalue weighted by atomic mass is 9.68. The molecule has 0 radical (unpaired) electrons. The fourth-order valence-corrected chi connectivity index (χ4v) is 7.23. The van der Waals surface area contributed by atoms with E-state index in [1.165, 1.54) is 12.8 Å². The van der Waals surface area contributed by atoms with Gasteiger partial charge in [-0.25, -0.2) is 4.79 Å². The molecule has 7 atom stereocenters. The van der Waals surface area contributed by atoms with Crippen LogP contribution in [0.2, 0.25) is 0 Å². The maximum atomic E-state index is 13.3. The molecule has 4 aliphatic rings. The summed E-state index contributed by atoms with van der Waals surface area (Å²) in [6.07, 6.45) is 8.53. The molecule has 142 valence electrons. The van der Waals surface area contributed by atoms with Gasteiger partial charge in [0.15, 0.2) is 0 Å². The summed E-state index contributed by atoms with van der Waals surface area (Å²) in [7, 11) is 0. The number of carbonyl (C=O) groups excluding carboxylic acids is 1. The molecular weight excluding hydrogens is 344 g/mol. The number of allylic oxidation sites excluding steroid dienone is 2. The van der Waals surface area contributed by atoms with Crippen LogP contribution in [-0.4, -0.2) is 11.6 Å².